The van der Waals surface area contributed by atoms with Gasteiger partial charge in [0.2, 0.25) is 11.7 Å². The summed E-state index contributed by atoms with van der Waals surface area (Å²) in [5.41, 5.74) is 0. The Balaban J connectivity index is 1.68. The number of aromatic nitrogens is 3. The van der Waals surface area contributed by atoms with Gasteiger partial charge in [-0.05, 0) is 14.0 Å². The van der Waals surface area contributed by atoms with E-state index in [0.717, 1.165) is 35.9 Å². The van der Waals surface area contributed by atoms with Gasteiger partial charge >= 0.3 is 0 Å². The molecule has 2 aromatic rings. The van der Waals surface area contributed by atoms with Gasteiger partial charge in [0.15, 0.2) is 0 Å². The van der Waals surface area contributed by atoms with E-state index in [9.17, 15) is 0 Å². The molecule has 1 fully saturated rings. The number of piperazine rings is 1. The van der Waals surface area contributed by atoms with Gasteiger partial charge in [0, 0.05) is 38.3 Å². The third-order valence-electron chi connectivity index (χ3n) is 3.19. The van der Waals surface area contributed by atoms with E-state index in [4.69, 9.17) is 4.52 Å². The van der Waals surface area contributed by atoms with Crippen molar-refractivity contribution in [3.8, 4) is 10.7 Å². The molecule has 0 aromatic carbocycles. The second-order valence-electron chi connectivity index (χ2n) is 4.87. The average molecular weight is 279 g/mol. The number of hydrogen-bond acceptors (Lipinski definition) is 7. The van der Waals surface area contributed by atoms with E-state index in [1.807, 2.05) is 6.92 Å². The highest BCUT2D eigenvalue weighted by molar-refractivity contribution is 7.14. The van der Waals surface area contributed by atoms with E-state index in [1.165, 1.54) is 0 Å². The van der Waals surface area contributed by atoms with E-state index >= 15 is 0 Å². The SMILES string of the molecule is Cc1ncc(-c2noc(CC3CN(C)CCN3)n2)s1. The number of likely N-dealkylation sites (N-methyl/N-ethyl adjacent to an activating group) is 1. The molecule has 0 saturated carbocycles. The summed E-state index contributed by atoms with van der Waals surface area (Å²) in [6, 6.07) is 0.384. The Morgan fingerprint density at radius 2 is 2.47 bits per heavy atom. The number of rotatable bonds is 3. The van der Waals surface area contributed by atoms with Crippen molar-refractivity contribution < 1.29 is 4.52 Å². The Kier molecular flexibility index (Phi) is 3.58. The second-order valence-corrected chi connectivity index (χ2v) is 6.11. The molecular weight excluding hydrogens is 262 g/mol. The van der Waals surface area contributed by atoms with Crippen LogP contribution in [0.3, 0.4) is 0 Å². The summed E-state index contributed by atoms with van der Waals surface area (Å²) in [5.74, 6) is 1.33. The zero-order valence-electron chi connectivity index (χ0n) is 11.1. The first-order valence-electron chi connectivity index (χ1n) is 6.38. The minimum atomic E-state index is 0.384. The Bertz CT molecular complexity index is 552. The smallest absolute Gasteiger partial charge is 0.228 e. The van der Waals surface area contributed by atoms with Crippen molar-refractivity contribution in [3.63, 3.8) is 0 Å². The summed E-state index contributed by atoms with van der Waals surface area (Å²) in [6.45, 7) is 5.08. The highest BCUT2D eigenvalue weighted by atomic mass is 32.1. The van der Waals surface area contributed by atoms with Crippen LogP contribution < -0.4 is 5.32 Å². The molecule has 1 N–H and O–H groups in total. The third kappa shape index (κ3) is 2.99. The fourth-order valence-corrected chi connectivity index (χ4v) is 2.94. The Hall–Kier alpha value is -1.31. The van der Waals surface area contributed by atoms with Gasteiger partial charge in [-0.2, -0.15) is 4.98 Å². The van der Waals surface area contributed by atoms with Crippen LogP contribution in [0.1, 0.15) is 10.9 Å². The number of nitrogens with zero attached hydrogens (tertiary/aromatic N) is 4. The molecule has 1 unspecified atom stereocenters. The quantitative estimate of drug-likeness (QED) is 0.902. The molecule has 2 aromatic heterocycles. The van der Waals surface area contributed by atoms with Crippen LogP contribution in [0.25, 0.3) is 10.7 Å². The van der Waals surface area contributed by atoms with Crippen molar-refractivity contribution >= 4 is 11.3 Å². The molecular formula is C12H17N5OS. The molecule has 1 aliphatic rings. The first-order valence-corrected chi connectivity index (χ1v) is 7.19. The lowest BCUT2D eigenvalue weighted by Gasteiger charge is -2.29. The van der Waals surface area contributed by atoms with Gasteiger partial charge in [-0.1, -0.05) is 5.16 Å². The van der Waals surface area contributed by atoms with Crippen LogP contribution in [0.2, 0.25) is 0 Å². The highest BCUT2D eigenvalue weighted by Gasteiger charge is 2.20. The lowest BCUT2D eigenvalue weighted by molar-refractivity contribution is 0.227. The van der Waals surface area contributed by atoms with Gasteiger partial charge in [-0.15, -0.1) is 11.3 Å². The van der Waals surface area contributed by atoms with E-state index in [0.29, 0.717) is 17.8 Å². The Labute approximate surface area is 115 Å². The summed E-state index contributed by atoms with van der Waals surface area (Å²) >= 11 is 1.58. The topological polar surface area (TPSA) is 67.1 Å². The van der Waals surface area contributed by atoms with Gasteiger partial charge in [0.25, 0.3) is 0 Å². The monoisotopic (exact) mass is 279 g/mol. The van der Waals surface area contributed by atoms with Crippen molar-refractivity contribution in [2.24, 2.45) is 0 Å². The van der Waals surface area contributed by atoms with Crippen LogP contribution in [-0.2, 0) is 6.42 Å². The van der Waals surface area contributed by atoms with E-state index < -0.39 is 0 Å². The molecule has 1 saturated heterocycles. The van der Waals surface area contributed by atoms with E-state index in [2.05, 4.69) is 32.4 Å². The molecule has 0 spiro atoms. The van der Waals surface area contributed by atoms with E-state index in [1.54, 1.807) is 17.5 Å². The van der Waals surface area contributed by atoms with Gasteiger partial charge in [0.05, 0.1) is 9.88 Å². The molecule has 7 heteroatoms. The normalized spacial score (nSPS) is 20.8. The summed E-state index contributed by atoms with van der Waals surface area (Å²) < 4.78 is 5.33. The standard InChI is InChI=1S/C12H17N5OS/c1-8-14-6-10(19-8)12-15-11(18-16-12)5-9-7-17(2)4-3-13-9/h6,9,13H,3-5,7H2,1-2H3. The predicted molar refractivity (Wildman–Crippen MR) is 73.1 cm³/mol. The molecule has 1 aliphatic heterocycles. The largest absolute Gasteiger partial charge is 0.339 e. The van der Waals surface area contributed by atoms with Crippen LogP contribution in [-0.4, -0.2) is 52.7 Å². The lowest BCUT2D eigenvalue weighted by Crippen LogP contribution is -2.49. The number of aryl methyl sites for hydroxylation is 1. The first-order chi connectivity index (χ1) is 9.20. The average Bonchev–Trinajstić information content (AvgIpc) is 2.98. The molecule has 0 bridgehead atoms. The molecule has 0 amide bonds. The van der Waals surface area contributed by atoms with Gasteiger partial charge in [-0.3, -0.25) is 0 Å². The van der Waals surface area contributed by atoms with Gasteiger partial charge in [-0.25, -0.2) is 4.98 Å². The Morgan fingerprint density at radius 1 is 1.58 bits per heavy atom. The minimum absolute atomic E-state index is 0.384. The Morgan fingerprint density at radius 3 is 3.21 bits per heavy atom. The molecule has 19 heavy (non-hydrogen) atoms. The van der Waals surface area contributed by atoms with Crippen molar-refractivity contribution in [3.05, 3.63) is 17.1 Å². The number of hydrogen-bond donors (Lipinski definition) is 1. The number of thiazole rings is 1. The fourth-order valence-electron chi connectivity index (χ4n) is 2.24. The highest BCUT2D eigenvalue weighted by Crippen LogP contribution is 2.23. The van der Waals surface area contributed by atoms with Gasteiger partial charge in [0.1, 0.15) is 0 Å². The van der Waals surface area contributed by atoms with Crippen LogP contribution in [0.5, 0.6) is 0 Å². The van der Waals surface area contributed by atoms with Crippen LogP contribution >= 0.6 is 11.3 Å². The zero-order valence-corrected chi connectivity index (χ0v) is 11.9. The fraction of sp³-hybridized carbons (Fsp3) is 0.583. The molecule has 3 heterocycles. The van der Waals surface area contributed by atoms with Crippen molar-refractivity contribution in [2.75, 3.05) is 26.7 Å². The van der Waals surface area contributed by atoms with Crippen LogP contribution in [0, 0.1) is 6.92 Å². The third-order valence-corrected chi connectivity index (χ3v) is 4.10. The summed E-state index contributed by atoms with van der Waals surface area (Å²) in [4.78, 5) is 11.9. The van der Waals surface area contributed by atoms with Crippen LogP contribution in [0.4, 0.5) is 0 Å². The van der Waals surface area contributed by atoms with Crippen LogP contribution in [0.15, 0.2) is 10.7 Å². The molecule has 0 aliphatic carbocycles. The van der Waals surface area contributed by atoms with Crippen molar-refractivity contribution in [1.29, 1.82) is 0 Å². The summed E-state index contributed by atoms with van der Waals surface area (Å²) in [5, 5.41) is 8.51. The summed E-state index contributed by atoms with van der Waals surface area (Å²) in [6.07, 6.45) is 2.57. The first kappa shape index (κ1) is 12.7. The second kappa shape index (κ2) is 5.36. The maximum atomic E-state index is 5.33. The summed E-state index contributed by atoms with van der Waals surface area (Å²) in [7, 11) is 2.13. The zero-order chi connectivity index (χ0) is 13.2. The number of nitrogens with one attached hydrogen (secondary N) is 1. The maximum absolute atomic E-state index is 5.33. The minimum Gasteiger partial charge on any atom is -0.339 e. The van der Waals surface area contributed by atoms with Gasteiger partial charge < -0.3 is 14.7 Å². The van der Waals surface area contributed by atoms with E-state index in [-0.39, 0.29) is 0 Å². The predicted octanol–water partition coefficient (Wildman–Crippen LogP) is 0.948. The molecule has 0 radical (unpaired) electrons. The lowest BCUT2D eigenvalue weighted by atomic mass is 10.1. The molecule has 102 valence electrons. The van der Waals surface area contributed by atoms with Crippen molar-refractivity contribution in [1.82, 2.24) is 25.3 Å². The molecule has 6 nitrogen and oxygen atoms in total. The maximum Gasteiger partial charge on any atom is 0.228 e. The van der Waals surface area contributed by atoms with Crippen molar-refractivity contribution in [2.45, 2.75) is 19.4 Å². The molecule has 3 rings (SSSR count). The molecule has 1 atom stereocenters.